The van der Waals surface area contributed by atoms with E-state index >= 15 is 0 Å². The van der Waals surface area contributed by atoms with Gasteiger partial charge in [-0.1, -0.05) is 13.8 Å². The Kier molecular flexibility index (Phi) is 4.16. The van der Waals surface area contributed by atoms with Crippen LogP contribution in [0.25, 0.3) is 0 Å². The van der Waals surface area contributed by atoms with E-state index in [1.54, 1.807) is 12.1 Å². The fourth-order valence-corrected chi connectivity index (χ4v) is 2.11. The number of phenols is 1. The van der Waals surface area contributed by atoms with Crippen molar-refractivity contribution < 1.29 is 9.90 Å². The maximum atomic E-state index is 11.4. The fraction of sp³-hybridized carbons (Fsp3) is 0.300. The van der Waals surface area contributed by atoms with Gasteiger partial charge in [0.2, 0.25) is 5.91 Å². The molecule has 82 valence electrons. The van der Waals surface area contributed by atoms with Crippen LogP contribution in [0.4, 0.5) is 5.69 Å². The van der Waals surface area contributed by atoms with Gasteiger partial charge in [0.1, 0.15) is 5.75 Å². The molecule has 0 fully saturated rings. The van der Waals surface area contributed by atoms with Crippen molar-refractivity contribution in [3.8, 4) is 5.75 Å². The van der Waals surface area contributed by atoms with E-state index in [1.807, 2.05) is 13.8 Å². The van der Waals surface area contributed by atoms with Gasteiger partial charge >= 0.3 is 0 Å². The highest BCUT2D eigenvalue weighted by molar-refractivity contribution is 9.11. The number of phenolic OH excluding ortho intramolecular Hbond substituents is 1. The van der Waals surface area contributed by atoms with Gasteiger partial charge in [0.15, 0.2) is 0 Å². The summed E-state index contributed by atoms with van der Waals surface area (Å²) in [7, 11) is 0. The molecule has 0 saturated heterocycles. The van der Waals surface area contributed by atoms with Crippen LogP contribution in [0.5, 0.6) is 5.75 Å². The van der Waals surface area contributed by atoms with Gasteiger partial charge in [-0.25, -0.2) is 0 Å². The molecule has 0 atom stereocenters. The lowest BCUT2D eigenvalue weighted by Gasteiger charge is -2.09. The number of anilines is 1. The molecule has 1 amide bonds. The smallest absolute Gasteiger partial charge is 0.226 e. The number of aromatic hydroxyl groups is 1. The molecule has 1 aromatic carbocycles. The third-order valence-corrected chi connectivity index (χ3v) is 3.02. The molecule has 0 aliphatic heterocycles. The van der Waals surface area contributed by atoms with E-state index in [1.165, 1.54) is 0 Å². The van der Waals surface area contributed by atoms with Crippen LogP contribution in [0.1, 0.15) is 13.8 Å². The molecular weight excluding hydrogens is 326 g/mol. The maximum Gasteiger partial charge on any atom is 0.226 e. The van der Waals surface area contributed by atoms with Crippen molar-refractivity contribution in [2.45, 2.75) is 13.8 Å². The maximum absolute atomic E-state index is 11.4. The minimum absolute atomic E-state index is 0.0560. The van der Waals surface area contributed by atoms with Crippen LogP contribution in [0, 0.1) is 5.92 Å². The molecule has 0 aliphatic rings. The molecule has 5 heteroatoms. The van der Waals surface area contributed by atoms with Crippen LogP contribution in [-0.4, -0.2) is 11.0 Å². The molecule has 1 rings (SSSR count). The van der Waals surface area contributed by atoms with E-state index in [0.29, 0.717) is 14.6 Å². The van der Waals surface area contributed by atoms with Gasteiger partial charge in [-0.3, -0.25) is 4.79 Å². The van der Waals surface area contributed by atoms with Gasteiger partial charge in [-0.2, -0.15) is 0 Å². The summed E-state index contributed by atoms with van der Waals surface area (Å²) in [5.41, 5.74) is 0.644. The molecule has 0 heterocycles. The lowest BCUT2D eigenvalue weighted by Crippen LogP contribution is -2.17. The Morgan fingerprint density at radius 3 is 2.20 bits per heavy atom. The number of rotatable bonds is 2. The van der Waals surface area contributed by atoms with Crippen LogP contribution >= 0.6 is 31.9 Å². The van der Waals surface area contributed by atoms with E-state index in [-0.39, 0.29) is 17.6 Å². The van der Waals surface area contributed by atoms with Crippen molar-refractivity contribution in [1.29, 1.82) is 0 Å². The summed E-state index contributed by atoms with van der Waals surface area (Å²) in [4.78, 5) is 11.4. The first-order valence-electron chi connectivity index (χ1n) is 4.40. The summed E-state index contributed by atoms with van der Waals surface area (Å²) < 4.78 is 1.08. The Morgan fingerprint density at radius 2 is 1.80 bits per heavy atom. The summed E-state index contributed by atoms with van der Waals surface area (Å²) in [5, 5.41) is 12.2. The standard InChI is InChI=1S/C10H11Br2NO2/c1-5(2)10(15)13-6-3-7(11)9(14)8(12)4-6/h3-5,14H,1-2H3,(H,13,15). The van der Waals surface area contributed by atoms with E-state index < -0.39 is 0 Å². The molecule has 15 heavy (non-hydrogen) atoms. The van der Waals surface area contributed by atoms with Gasteiger partial charge in [0, 0.05) is 11.6 Å². The molecule has 0 spiro atoms. The van der Waals surface area contributed by atoms with Gasteiger partial charge in [-0.05, 0) is 44.0 Å². The van der Waals surface area contributed by atoms with E-state index in [0.717, 1.165) is 0 Å². The molecule has 0 aliphatic carbocycles. The van der Waals surface area contributed by atoms with Crippen molar-refractivity contribution in [1.82, 2.24) is 0 Å². The Labute approximate surface area is 105 Å². The Hall–Kier alpha value is -0.550. The molecule has 0 bridgehead atoms. The summed E-state index contributed by atoms with van der Waals surface area (Å²) in [6, 6.07) is 3.31. The average Bonchev–Trinajstić information content (AvgIpc) is 2.13. The molecule has 0 unspecified atom stereocenters. The summed E-state index contributed by atoms with van der Waals surface area (Å²) >= 11 is 6.39. The van der Waals surface area contributed by atoms with E-state index in [4.69, 9.17) is 0 Å². The quantitative estimate of drug-likeness (QED) is 0.812. The third kappa shape index (κ3) is 3.21. The van der Waals surface area contributed by atoms with Crippen molar-refractivity contribution in [2.75, 3.05) is 5.32 Å². The van der Waals surface area contributed by atoms with Gasteiger partial charge in [-0.15, -0.1) is 0 Å². The van der Waals surface area contributed by atoms with Crippen molar-refractivity contribution in [3.05, 3.63) is 21.1 Å². The minimum Gasteiger partial charge on any atom is -0.506 e. The zero-order valence-corrected chi connectivity index (χ0v) is 11.5. The normalized spacial score (nSPS) is 10.5. The second-order valence-corrected chi connectivity index (χ2v) is 5.14. The van der Waals surface area contributed by atoms with Crippen LogP contribution in [0.2, 0.25) is 0 Å². The van der Waals surface area contributed by atoms with Crippen molar-refractivity contribution in [3.63, 3.8) is 0 Å². The van der Waals surface area contributed by atoms with Gasteiger partial charge in [0.05, 0.1) is 8.95 Å². The summed E-state index contributed by atoms with van der Waals surface area (Å²) in [6.07, 6.45) is 0. The monoisotopic (exact) mass is 335 g/mol. The second-order valence-electron chi connectivity index (χ2n) is 3.43. The lowest BCUT2D eigenvalue weighted by molar-refractivity contribution is -0.118. The van der Waals surface area contributed by atoms with Crippen LogP contribution in [0.3, 0.4) is 0 Å². The van der Waals surface area contributed by atoms with Crippen molar-refractivity contribution in [2.24, 2.45) is 5.92 Å². The highest BCUT2D eigenvalue weighted by Crippen LogP contribution is 2.35. The molecule has 0 saturated carbocycles. The SMILES string of the molecule is CC(C)C(=O)Nc1cc(Br)c(O)c(Br)c1. The Bertz CT molecular complexity index is 368. The van der Waals surface area contributed by atoms with Crippen molar-refractivity contribution >= 4 is 43.5 Å². The average molecular weight is 337 g/mol. The first-order chi connectivity index (χ1) is 6.91. The fourth-order valence-electron chi connectivity index (χ4n) is 0.924. The Morgan fingerprint density at radius 1 is 1.33 bits per heavy atom. The number of hydrogen-bond acceptors (Lipinski definition) is 2. The van der Waals surface area contributed by atoms with Gasteiger partial charge < -0.3 is 10.4 Å². The Balaban J connectivity index is 2.93. The van der Waals surface area contributed by atoms with E-state index in [2.05, 4.69) is 37.2 Å². The van der Waals surface area contributed by atoms with Crippen LogP contribution in [0.15, 0.2) is 21.1 Å². The number of benzene rings is 1. The largest absolute Gasteiger partial charge is 0.506 e. The van der Waals surface area contributed by atoms with Crippen LogP contribution in [-0.2, 0) is 4.79 Å². The predicted molar refractivity (Wildman–Crippen MR) is 67.0 cm³/mol. The molecule has 3 nitrogen and oxygen atoms in total. The first-order valence-corrected chi connectivity index (χ1v) is 5.99. The lowest BCUT2D eigenvalue weighted by atomic mass is 10.2. The topological polar surface area (TPSA) is 49.3 Å². The minimum atomic E-state index is -0.0728. The molecule has 0 radical (unpaired) electrons. The molecular formula is C10H11Br2NO2. The highest BCUT2D eigenvalue weighted by atomic mass is 79.9. The summed E-state index contributed by atoms with van der Waals surface area (Å²) in [5.74, 6) is -0.00612. The predicted octanol–water partition coefficient (Wildman–Crippen LogP) is 3.51. The number of carbonyl (C=O) groups excluding carboxylic acids is 1. The number of halogens is 2. The summed E-state index contributed by atoms with van der Waals surface area (Å²) in [6.45, 7) is 3.64. The zero-order chi connectivity index (χ0) is 11.6. The highest BCUT2D eigenvalue weighted by Gasteiger charge is 2.10. The first kappa shape index (κ1) is 12.5. The molecule has 1 aromatic rings. The number of hydrogen-bond donors (Lipinski definition) is 2. The molecule has 0 aromatic heterocycles. The van der Waals surface area contributed by atoms with Gasteiger partial charge in [0.25, 0.3) is 0 Å². The van der Waals surface area contributed by atoms with Crippen LogP contribution < -0.4 is 5.32 Å². The zero-order valence-electron chi connectivity index (χ0n) is 8.34. The third-order valence-electron chi connectivity index (χ3n) is 1.81. The number of carbonyl (C=O) groups is 1. The van der Waals surface area contributed by atoms with E-state index in [9.17, 15) is 9.90 Å². The number of amides is 1. The molecule has 2 N–H and O–H groups in total. The number of nitrogens with one attached hydrogen (secondary N) is 1. The second kappa shape index (κ2) is 4.99.